The first-order valence-electron chi connectivity index (χ1n) is 5.46. The first-order chi connectivity index (χ1) is 6.56. The lowest BCUT2D eigenvalue weighted by molar-refractivity contribution is -0.0261. The summed E-state index contributed by atoms with van der Waals surface area (Å²) in [6.07, 6.45) is 2.41. The van der Waals surface area contributed by atoms with Crippen LogP contribution < -0.4 is 0 Å². The van der Waals surface area contributed by atoms with E-state index in [1.54, 1.807) is 6.92 Å². The van der Waals surface area contributed by atoms with Crippen LogP contribution in [-0.2, 0) is 4.74 Å². The molecule has 0 aromatic carbocycles. The summed E-state index contributed by atoms with van der Waals surface area (Å²) >= 11 is 0. The van der Waals surface area contributed by atoms with Crippen LogP contribution in [0, 0.1) is 5.92 Å². The maximum absolute atomic E-state index is 9.50. The molecule has 0 aromatic heterocycles. The molecule has 0 fully saturated rings. The summed E-state index contributed by atoms with van der Waals surface area (Å²) in [5.41, 5.74) is 0. The van der Waals surface area contributed by atoms with E-state index < -0.39 is 0 Å². The van der Waals surface area contributed by atoms with Crippen LogP contribution >= 0.6 is 0 Å². The molecule has 0 rings (SSSR count). The van der Waals surface area contributed by atoms with E-state index in [9.17, 15) is 5.11 Å². The number of hydrogen-bond acceptors (Lipinski definition) is 3. The fourth-order valence-corrected chi connectivity index (χ4v) is 1.17. The van der Waals surface area contributed by atoms with Gasteiger partial charge in [0.15, 0.2) is 0 Å². The van der Waals surface area contributed by atoms with Crippen molar-refractivity contribution in [2.75, 3.05) is 13.2 Å². The van der Waals surface area contributed by atoms with Crippen LogP contribution in [0.1, 0.15) is 40.0 Å². The number of rotatable bonds is 8. The Bertz CT molecular complexity index is 126. The van der Waals surface area contributed by atoms with E-state index in [0.717, 1.165) is 19.3 Å². The number of aliphatic hydroxyl groups excluding tert-OH is 2. The molecule has 2 N–H and O–H groups in total. The molecule has 2 unspecified atom stereocenters. The molecule has 0 spiro atoms. The average Bonchev–Trinajstić information content (AvgIpc) is 2.13. The van der Waals surface area contributed by atoms with Crippen molar-refractivity contribution in [2.24, 2.45) is 5.92 Å². The largest absolute Gasteiger partial charge is 0.394 e. The van der Waals surface area contributed by atoms with Crippen molar-refractivity contribution in [3.8, 4) is 0 Å². The fraction of sp³-hybridized carbons (Fsp3) is 1.00. The Balaban J connectivity index is 3.32. The molecule has 0 heterocycles. The molecule has 0 aliphatic carbocycles. The molecule has 0 aromatic rings. The van der Waals surface area contributed by atoms with E-state index >= 15 is 0 Å². The van der Waals surface area contributed by atoms with Crippen LogP contribution in [0.3, 0.4) is 0 Å². The third-order valence-corrected chi connectivity index (χ3v) is 2.15. The third kappa shape index (κ3) is 8.48. The van der Waals surface area contributed by atoms with E-state index in [0.29, 0.717) is 12.5 Å². The van der Waals surface area contributed by atoms with Gasteiger partial charge in [-0.1, -0.05) is 26.7 Å². The smallest absolute Gasteiger partial charge is 0.0779 e. The number of ether oxygens (including phenoxy) is 1. The van der Waals surface area contributed by atoms with Crippen molar-refractivity contribution in [1.29, 1.82) is 0 Å². The lowest BCUT2D eigenvalue weighted by atomic mass is 10.0. The maximum Gasteiger partial charge on any atom is 0.0779 e. The molecule has 14 heavy (non-hydrogen) atoms. The zero-order chi connectivity index (χ0) is 11.0. The van der Waals surface area contributed by atoms with Crippen LogP contribution in [0.4, 0.5) is 0 Å². The minimum absolute atomic E-state index is 0.0126. The van der Waals surface area contributed by atoms with E-state index in [1.165, 1.54) is 0 Å². The van der Waals surface area contributed by atoms with Gasteiger partial charge in [-0.05, 0) is 19.3 Å². The summed E-state index contributed by atoms with van der Waals surface area (Å²) in [6.45, 7) is 6.49. The highest BCUT2D eigenvalue weighted by Crippen LogP contribution is 2.08. The second kappa shape index (κ2) is 8.21. The summed E-state index contributed by atoms with van der Waals surface area (Å²) in [5.74, 6) is 0.694. The Kier molecular flexibility index (Phi) is 8.14. The zero-order valence-corrected chi connectivity index (χ0v) is 9.57. The van der Waals surface area contributed by atoms with E-state index in [2.05, 4.69) is 13.8 Å². The fourth-order valence-electron chi connectivity index (χ4n) is 1.17. The summed E-state index contributed by atoms with van der Waals surface area (Å²) in [5, 5.41) is 18.2. The van der Waals surface area contributed by atoms with E-state index in [1.807, 2.05) is 0 Å². The number of hydrogen-bond donors (Lipinski definition) is 2. The Hall–Kier alpha value is -0.120. The van der Waals surface area contributed by atoms with Crippen molar-refractivity contribution in [3.05, 3.63) is 0 Å². The molecule has 2 atom stereocenters. The zero-order valence-electron chi connectivity index (χ0n) is 9.57. The van der Waals surface area contributed by atoms with Crippen molar-refractivity contribution < 1.29 is 14.9 Å². The van der Waals surface area contributed by atoms with Crippen molar-refractivity contribution in [2.45, 2.75) is 52.2 Å². The van der Waals surface area contributed by atoms with Gasteiger partial charge in [-0.3, -0.25) is 0 Å². The lowest BCUT2D eigenvalue weighted by Crippen LogP contribution is -2.22. The van der Waals surface area contributed by atoms with Gasteiger partial charge in [0.2, 0.25) is 0 Å². The Morgan fingerprint density at radius 3 is 2.29 bits per heavy atom. The Morgan fingerprint density at radius 1 is 1.14 bits per heavy atom. The molecule has 0 radical (unpaired) electrons. The normalized spacial score (nSPS) is 15.9. The van der Waals surface area contributed by atoms with Gasteiger partial charge in [-0.2, -0.15) is 0 Å². The molecule has 0 bridgehead atoms. The monoisotopic (exact) mass is 204 g/mol. The number of aliphatic hydroxyl groups is 2. The van der Waals surface area contributed by atoms with Crippen molar-refractivity contribution >= 4 is 0 Å². The van der Waals surface area contributed by atoms with E-state index in [-0.39, 0.29) is 18.8 Å². The Labute approximate surface area is 87.1 Å². The molecule has 0 aliphatic heterocycles. The average molecular weight is 204 g/mol. The third-order valence-electron chi connectivity index (χ3n) is 2.15. The summed E-state index contributed by atoms with van der Waals surface area (Å²) in [4.78, 5) is 0. The van der Waals surface area contributed by atoms with Gasteiger partial charge in [-0.15, -0.1) is 0 Å². The molecule has 0 saturated carbocycles. The highest BCUT2D eigenvalue weighted by Gasteiger charge is 2.07. The molecule has 86 valence electrons. The standard InChI is InChI=1S/C11H24O3/c1-9(2)5-4-6-11(13)8-14-10(3)7-12/h9-13H,4-8H2,1-3H3. The van der Waals surface area contributed by atoms with Gasteiger partial charge in [0.25, 0.3) is 0 Å². The molecule has 3 nitrogen and oxygen atoms in total. The van der Waals surface area contributed by atoms with Gasteiger partial charge in [0.1, 0.15) is 0 Å². The van der Waals surface area contributed by atoms with Gasteiger partial charge in [0.05, 0.1) is 25.4 Å². The minimum atomic E-state index is -0.386. The van der Waals surface area contributed by atoms with Gasteiger partial charge in [-0.25, -0.2) is 0 Å². The molecule has 0 saturated heterocycles. The molecule has 0 amide bonds. The predicted molar refractivity (Wildman–Crippen MR) is 57.2 cm³/mol. The van der Waals surface area contributed by atoms with Crippen molar-refractivity contribution in [1.82, 2.24) is 0 Å². The first-order valence-corrected chi connectivity index (χ1v) is 5.46. The molecular formula is C11H24O3. The predicted octanol–water partition coefficient (Wildman–Crippen LogP) is 1.57. The van der Waals surface area contributed by atoms with Crippen molar-refractivity contribution in [3.63, 3.8) is 0 Å². The summed E-state index contributed by atoms with van der Waals surface area (Å²) in [6, 6.07) is 0. The highest BCUT2D eigenvalue weighted by atomic mass is 16.5. The SMILES string of the molecule is CC(C)CCCC(O)COC(C)CO. The first kappa shape index (κ1) is 13.9. The molecular weight excluding hydrogens is 180 g/mol. The van der Waals surface area contributed by atoms with Gasteiger partial charge in [0, 0.05) is 0 Å². The minimum Gasteiger partial charge on any atom is -0.394 e. The summed E-state index contributed by atoms with van der Waals surface area (Å²) < 4.78 is 5.21. The van der Waals surface area contributed by atoms with Crippen LogP contribution in [0.25, 0.3) is 0 Å². The van der Waals surface area contributed by atoms with Crippen LogP contribution in [-0.4, -0.2) is 35.6 Å². The quantitative estimate of drug-likeness (QED) is 0.631. The van der Waals surface area contributed by atoms with Gasteiger partial charge < -0.3 is 14.9 Å². The van der Waals surface area contributed by atoms with Gasteiger partial charge >= 0.3 is 0 Å². The maximum atomic E-state index is 9.50. The van der Waals surface area contributed by atoms with Crippen LogP contribution in [0.15, 0.2) is 0 Å². The molecule has 3 heteroatoms. The van der Waals surface area contributed by atoms with Crippen LogP contribution in [0.5, 0.6) is 0 Å². The highest BCUT2D eigenvalue weighted by molar-refractivity contribution is 4.57. The topological polar surface area (TPSA) is 49.7 Å². The Morgan fingerprint density at radius 2 is 1.79 bits per heavy atom. The van der Waals surface area contributed by atoms with E-state index in [4.69, 9.17) is 9.84 Å². The second-order valence-electron chi connectivity index (χ2n) is 4.31. The summed E-state index contributed by atoms with van der Waals surface area (Å²) in [7, 11) is 0. The molecule has 0 aliphatic rings. The van der Waals surface area contributed by atoms with Crippen LogP contribution in [0.2, 0.25) is 0 Å². The lowest BCUT2D eigenvalue weighted by Gasteiger charge is -2.15. The second-order valence-corrected chi connectivity index (χ2v) is 4.31.